The molecule has 2 rings (SSSR count). The van der Waals surface area contributed by atoms with Crippen molar-refractivity contribution >= 4 is 6.08 Å². The normalized spacial score (nSPS) is 18.9. The summed E-state index contributed by atoms with van der Waals surface area (Å²) in [5.41, 5.74) is 1.06. The summed E-state index contributed by atoms with van der Waals surface area (Å²) in [6.07, 6.45) is 8.77. The van der Waals surface area contributed by atoms with Gasteiger partial charge < -0.3 is 5.32 Å². The number of rotatable bonds is 2. The van der Waals surface area contributed by atoms with E-state index in [0.29, 0.717) is 0 Å². The molecule has 0 atom stereocenters. The second kappa shape index (κ2) is 4.91. The average Bonchev–Trinajstić information content (AvgIpc) is 2.29. The van der Waals surface area contributed by atoms with E-state index >= 15 is 0 Å². The first kappa shape index (κ1) is 9.41. The zero-order chi connectivity index (χ0) is 9.64. The molecular formula is C12H16N2. The van der Waals surface area contributed by atoms with Crippen LogP contribution in [0.4, 0.5) is 0 Å². The second-order valence-corrected chi connectivity index (χ2v) is 3.70. The molecule has 0 amide bonds. The van der Waals surface area contributed by atoms with E-state index in [4.69, 9.17) is 0 Å². The van der Waals surface area contributed by atoms with Crippen LogP contribution >= 0.6 is 0 Å². The van der Waals surface area contributed by atoms with E-state index in [-0.39, 0.29) is 0 Å². The Morgan fingerprint density at radius 2 is 2.14 bits per heavy atom. The van der Waals surface area contributed by atoms with E-state index < -0.39 is 0 Å². The number of aromatic nitrogens is 1. The topological polar surface area (TPSA) is 24.9 Å². The van der Waals surface area contributed by atoms with E-state index in [1.165, 1.54) is 12.8 Å². The molecule has 0 aromatic carbocycles. The monoisotopic (exact) mass is 188 g/mol. The highest BCUT2D eigenvalue weighted by Crippen LogP contribution is 2.14. The fourth-order valence-electron chi connectivity index (χ4n) is 1.75. The first-order chi connectivity index (χ1) is 6.95. The molecule has 0 spiro atoms. The highest BCUT2D eigenvalue weighted by atomic mass is 14.9. The Labute approximate surface area is 85.1 Å². The van der Waals surface area contributed by atoms with Crippen molar-refractivity contribution in [3.63, 3.8) is 0 Å². The predicted octanol–water partition coefficient (Wildman–Crippen LogP) is 2.09. The van der Waals surface area contributed by atoms with Crippen molar-refractivity contribution in [1.82, 2.24) is 10.3 Å². The molecule has 0 radical (unpaired) electrons. The molecule has 1 aliphatic rings. The molecule has 2 nitrogen and oxygen atoms in total. The molecule has 2 heterocycles. The van der Waals surface area contributed by atoms with Crippen LogP contribution in [0, 0.1) is 5.92 Å². The van der Waals surface area contributed by atoms with Crippen LogP contribution in [0.25, 0.3) is 6.08 Å². The maximum Gasteiger partial charge on any atom is 0.0626 e. The molecule has 0 saturated carbocycles. The molecule has 1 aliphatic heterocycles. The molecule has 1 aromatic rings. The van der Waals surface area contributed by atoms with E-state index in [1.54, 1.807) is 0 Å². The van der Waals surface area contributed by atoms with Crippen molar-refractivity contribution in [2.75, 3.05) is 13.1 Å². The number of allylic oxidation sites excluding steroid dienone is 1. The van der Waals surface area contributed by atoms with Gasteiger partial charge in [-0.1, -0.05) is 12.1 Å². The minimum Gasteiger partial charge on any atom is -0.317 e. The highest BCUT2D eigenvalue weighted by molar-refractivity contribution is 5.44. The first-order valence-corrected chi connectivity index (χ1v) is 5.25. The molecule has 1 aromatic heterocycles. The molecule has 74 valence electrons. The number of pyridine rings is 1. The van der Waals surface area contributed by atoms with Gasteiger partial charge in [0.15, 0.2) is 0 Å². The quantitative estimate of drug-likeness (QED) is 0.768. The maximum atomic E-state index is 4.26. The van der Waals surface area contributed by atoms with Crippen molar-refractivity contribution in [3.8, 4) is 0 Å². The van der Waals surface area contributed by atoms with Crippen LogP contribution in [0.1, 0.15) is 18.5 Å². The van der Waals surface area contributed by atoms with Gasteiger partial charge in [-0.05, 0) is 50.1 Å². The summed E-state index contributed by atoms with van der Waals surface area (Å²) < 4.78 is 0. The van der Waals surface area contributed by atoms with Crippen LogP contribution < -0.4 is 5.32 Å². The molecule has 0 unspecified atom stereocenters. The van der Waals surface area contributed by atoms with Crippen molar-refractivity contribution in [1.29, 1.82) is 0 Å². The molecule has 2 heteroatoms. The number of piperidine rings is 1. The van der Waals surface area contributed by atoms with E-state index in [1.807, 2.05) is 24.4 Å². The summed E-state index contributed by atoms with van der Waals surface area (Å²) >= 11 is 0. The van der Waals surface area contributed by atoms with Gasteiger partial charge >= 0.3 is 0 Å². The lowest BCUT2D eigenvalue weighted by atomic mass is 9.97. The summed E-state index contributed by atoms with van der Waals surface area (Å²) in [6.45, 7) is 2.30. The third-order valence-electron chi connectivity index (χ3n) is 2.61. The summed E-state index contributed by atoms with van der Waals surface area (Å²) in [4.78, 5) is 4.26. The third kappa shape index (κ3) is 2.67. The Balaban J connectivity index is 1.93. The van der Waals surface area contributed by atoms with Crippen molar-refractivity contribution in [2.45, 2.75) is 12.8 Å². The van der Waals surface area contributed by atoms with Crippen LogP contribution in [-0.4, -0.2) is 18.1 Å². The lowest BCUT2D eigenvalue weighted by molar-refractivity contribution is 0.438. The third-order valence-corrected chi connectivity index (χ3v) is 2.61. The number of nitrogens with zero attached hydrogens (tertiary/aromatic N) is 1. The SMILES string of the molecule is C(=C\C1CCNCC1)/c1ccccn1. The predicted molar refractivity (Wildman–Crippen MR) is 58.9 cm³/mol. The lowest BCUT2D eigenvalue weighted by Crippen LogP contribution is -2.26. The van der Waals surface area contributed by atoms with Crippen LogP contribution in [0.2, 0.25) is 0 Å². The molecule has 1 fully saturated rings. The van der Waals surface area contributed by atoms with Gasteiger partial charge in [0.25, 0.3) is 0 Å². The van der Waals surface area contributed by atoms with Gasteiger partial charge in [0.1, 0.15) is 0 Å². The molecule has 1 N–H and O–H groups in total. The molecular weight excluding hydrogens is 172 g/mol. The van der Waals surface area contributed by atoms with Crippen molar-refractivity contribution in [2.24, 2.45) is 5.92 Å². The second-order valence-electron chi connectivity index (χ2n) is 3.70. The fraction of sp³-hybridized carbons (Fsp3) is 0.417. The lowest BCUT2D eigenvalue weighted by Gasteiger charge is -2.18. The van der Waals surface area contributed by atoms with Gasteiger partial charge in [-0.25, -0.2) is 0 Å². The zero-order valence-electron chi connectivity index (χ0n) is 8.32. The Hall–Kier alpha value is -1.15. The first-order valence-electron chi connectivity index (χ1n) is 5.25. The van der Waals surface area contributed by atoms with E-state index in [9.17, 15) is 0 Å². The van der Waals surface area contributed by atoms with Gasteiger partial charge in [-0.2, -0.15) is 0 Å². The fourth-order valence-corrected chi connectivity index (χ4v) is 1.75. The summed E-state index contributed by atoms with van der Waals surface area (Å²) in [5, 5.41) is 3.36. The Morgan fingerprint density at radius 1 is 1.29 bits per heavy atom. The molecule has 1 saturated heterocycles. The minimum absolute atomic E-state index is 0.734. The largest absolute Gasteiger partial charge is 0.317 e. The molecule has 0 bridgehead atoms. The zero-order valence-corrected chi connectivity index (χ0v) is 8.32. The highest BCUT2D eigenvalue weighted by Gasteiger charge is 2.08. The van der Waals surface area contributed by atoms with Gasteiger partial charge in [0, 0.05) is 6.20 Å². The van der Waals surface area contributed by atoms with Crippen LogP contribution in [0.5, 0.6) is 0 Å². The average molecular weight is 188 g/mol. The maximum absolute atomic E-state index is 4.26. The minimum atomic E-state index is 0.734. The smallest absolute Gasteiger partial charge is 0.0626 e. The van der Waals surface area contributed by atoms with E-state index in [0.717, 1.165) is 24.7 Å². The number of hydrogen-bond acceptors (Lipinski definition) is 2. The van der Waals surface area contributed by atoms with Crippen LogP contribution in [-0.2, 0) is 0 Å². The van der Waals surface area contributed by atoms with Gasteiger partial charge in [0.05, 0.1) is 5.69 Å². The Bertz CT molecular complexity index is 286. The van der Waals surface area contributed by atoms with Crippen LogP contribution in [0.3, 0.4) is 0 Å². The summed E-state index contributed by atoms with van der Waals surface area (Å²) in [6, 6.07) is 6.01. The molecule has 14 heavy (non-hydrogen) atoms. The summed E-state index contributed by atoms with van der Waals surface area (Å²) in [7, 11) is 0. The number of hydrogen-bond donors (Lipinski definition) is 1. The Morgan fingerprint density at radius 3 is 2.86 bits per heavy atom. The van der Waals surface area contributed by atoms with E-state index in [2.05, 4.69) is 22.5 Å². The summed E-state index contributed by atoms with van der Waals surface area (Å²) in [5.74, 6) is 0.734. The van der Waals surface area contributed by atoms with Gasteiger partial charge in [-0.15, -0.1) is 0 Å². The van der Waals surface area contributed by atoms with Crippen molar-refractivity contribution in [3.05, 3.63) is 36.2 Å². The van der Waals surface area contributed by atoms with Crippen molar-refractivity contribution < 1.29 is 0 Å². The standard InChI is InChI=1S/C12H16N2/c1-2-8-14-12(3-1)5-4-11-6-9-13-10-7-11/h1-5,8,11,13H,6-7,9-10H2/b5-4+. The molecule has 0 aliphatic carbocycles. The Kier molecular flexibility index (Phi) is 3.30. The van der Waals surface area contributed by atoms with Gasteiger partial charge in [-0.3, -0.25) is 4.98 Å². The number of nitrogens with one attached hydrogen (secondary N) is 1. The van der Waals surface area contributed by atoms with Crippen LogP contribution in [0.15, 0.2) is 30.5 Å². The van der Waals surface area contributed by atoms with Gasteiger partial charge in [0.2, 0.25) is 0 Å².